The summed E-state index contributed by atoms with van der Waals surface area (Å²) in [4.78, 5) is 12.9. The second-order valence-corrected chi connectivity index (χ2v) is 7.63. The van der Waals surface area contributed by atoms with Crippen molar-refractivity contribution >= 4 is 5.97 Å². The molecule has 0 spiro atoms. The highest BCUT2D eigenvalue weighted by Crippen LogP contribution is 2.32. The lowest BCUT2D eigenvalue weighted by molar-refractivity contribution is -0.160. The summed E-state index contributed by atoms with van der Waals surface area (Å²) in [6, 6.07) is 24.0. The van der Waals surface area contributed by atoms with Gasteiger partial charge in [0.1, 0.15) is 12.4 Å². The number of rotatable bonds is 10. The number of carbonyl (C=O) groups excluding carboxylic acids is 1. The Morgan fingerprint density at radius 3 is 2.33 bits per heavy atom. The molecule has 3 aromatic rings. The number of benzene rings is 3. The van der Waals surface area contributed by atoms with Crippen molar-refractivity contribution in [1.82, 2.24) is 0 Å². The van der Waals surface area contributed by atoms with E-state index in [-0.39, 0.29) is 13.0 Å². The third-order valence-corrected chi connectivity index (χ3v) is 5.04. The van der Waals surface area contributed by atoms with Crippen molar-refractivity contribution in [1.29, 1.82) is 5.26 Å². The van der Waals surface area contributed by atoms with Gasteiger partial charge in [0.2, 0.25) is 5.60 Å². The molecule has 3 rings (SSSR count). The molecule has 0 aliphatic heterocycles. The molecule has 0 saturated carbocycles. The van der Waals surface area contributed by atoms with Gasteiger partial charge >= 0.3 is 5.97 Å². The van der Waals surface area contributed by atoms with Crippen LogP contribution in [-0.4, -0.2) is 25.3 Å². The first kappa shape index (κ1) is 23.7. The maximum atomic E-state index is 12.9. The minimum Gasteiger partial charge on any atom is -0.493 e. The number of carbonyl (C=O) groups is 1. The second-order valence-electron chi connectivity index (χ2n) is 7.63. The lowest BCUT2D eigenvalue weighted by atomic mass is 9.95. The Hall–Kier alpha value is -3.98. The van der Waals surface area contributed by atoms with Gasteiger partial charge in [-0.05, 0) is 61.4 Å². The van der Waals surface area contributed by atoms with Crippen molar-refractivity contribution in [2.45, 2.75) is 32.5 Å². The van der Waals surface area contributed by atoms with Gasteiger partial charge in [0.25, 0.3) is 0 Å². The van der Waals surface area contributed by atoms with Crippen molar-refractivity contribution in [2.75, 3.05) is 13.7 Å². The molecule has 0 heterocycles. The van der Waals surface area contributed by atoms with Crippen LogP contribution in [0.4, 0.5) is 0 Å². The Kier molecular flexibility index (Phi) is 7.93. The van der Waals surface area contributed by atoms with E-state index in [1.54, 1.807) is 45.2 Å². The van der Waals surface area contributed by atoms with Gasteiger partial charge in [-0.25, -0.2) is 4.79 Å². The Labute approximate surface area is 194 Å². The van der Waals surface area contributed by atoms with Gasteiger partial charge in [-0.2, -0.15) is 5.26 Å². The smallest absolute Gasteiger partial charge is 0.350 e. The highest BCUT2D eigenvalue weighted by atomic mass is 16.6. The predicted molar refractivity (Wildman–Crippen MR) is 124 cm³/mol. The van der Waals surface area contributed by atoms with E-state index < -0.39 is 11.6 Å². The number of hydrogen-bond donors (Lipinski definition) is 0. The second kappa shape index (κ2) is 11.1. The van der Waals surface area contributed by atoms with E-state index in [0.717, 1.165) is 11.1 Å². The molecule has 33 heavy (non-hydrogen) atoms. The number of ether oxygens (including phenoxy) is 4. The van der Waals surface area contributed by atoms with Gasteiger partial charge in [0.15, 0.2) is 11.5 Å². The summed E-state index contributed by atoms with van der Waals surface area (Å²) in [6.45, 7) is 4.07. The first-order valence-corrected chi connectivity index (χ1v) is 10.7. The van der Waals surface area contributed by atoms with Gasteiger partial charge in [-0.1, -0.05) is 36.4 Å². The first-order chi connectivity index (χ1) is 16.0. The van der Waals surface area contributed by atoms with Crippen LogP contribution >= 0.6 is 0 Å². The minimum atomic E-state index is -1.28. The lowest BCUT2D eigenvalue weighted by Crippen LogP contribution is -2.45. The van der Waals surface area contributed by atoms with E-state index in [0.29, 0.717) is 29.4 Å². The zero-order valence-corrected chi connectivity index (χ0v) is 19.0. The summed E-state index contributed by atoms with van der Waals surface area (Å²) < 4.78 is 22.9. The lowest BCUT2D eigenvalue weighted by Gasteiger charge is -2.29. The molecule has 1 atom stereocenters. The quantitative estimate of drug-likeness (QED) is 0.405. The highest BCUT2D eigenvalue weighted by Gasteiger charge is 2.38. The fraction of sp³-hybridized carbons (Fsp3) is 0.259. The molecule has 0 saturated heterocycles. The summed E-state index contributed by atoms with van der Waals surface area (Å²) in [5.41, 5.74) is 1.08. The number of hydrogen-bond acceptors (Lipinski definition) is 6. The Balaban J connectivity index is 1.84. The number of esters is 1. The molecule has 0 N–H and O–H groups in total. The van der Waals surface area contributed by atoms with Crippen LogP contribution in [0.2, 0.25) is 0 Å². The largest absolute Gasteiger partial charge is 0.493 e. The number of nitriles is 1. The van der Waals surface area contributed by atoms with E-state index in [1.807, 2.05) is 48.5 Å². The van der Waals surface area contributed by atoms with Crippen LogP contribution in [0.1, 0.15) is 30.5 Å². The van der Waals surface area contributed by atoms with Gasteiger partial charge < -0.3 is 18.9 Å². The monoisotopic (exact) mass is 445 g/mol. The predicted octanol–water partition coefficient (Wildman–Crippen LogP) is 5.09. The summed E-state index contributed by atoms with van der Waals surface area (Å²) in [5, 5.41) is 9.01. The molecule has 0 radical (unpaired) electrons. The molecular formula is C27H27NO5. The summed E-state index contributed by atoms with van der Waals surface area (Å²) in [5.74, 6) is 1.17. The normalized spacial score (nSPS) is 12.2. The fourth-order valence-corrected chi connectivity index (χ4v) is 3.36. The van der Waals surface area contributed by atoms with Gasteiger partial charge in [0.05, 0.1) is 25.3 Å². The van der Waals surface area contributed by atoms with E-state index >= 15 is 0 Å². The van der Waals surface area contributed by atoms with Crippen LogP contribution in [0, 0.1) is 11.3 Å². The first-order valence-electron chi connectivity index (χ1n) is 10.7. The maximum Gasteiger partial charge on any atom is 0.350 e. The number of methoxy groups -OCH3 is 1. The Bertz CT molecular complexity index is 1110. The molecule has 1 unspecified atom stereocenters. The molecule has 0 aliphatic carbocycles. The van der Waals surface area contributed by atoms with Crippen LogP contribution < -0.4 is 14.2 Å². The van der Waals surface area contributed by atoms with Gasteiger partial charge in [-0.3, -0.25) is 0 Å². The molecule has 0 amide bonds. The molecule has 3 aromatic carbocycles. The Morgan fingerprint density at radius 2 is 1.70 bits per heavy atom. The molecule has 0 aromatic heterocycles. The molecule has 0 fully saturated rings. The molecule has 6 nitrogen and oxygen atoms in total. The fourth-order valence-electron chi connectivity index (χ4n) is 3.36. The molecule has 0 aliphatic rings. The third kappa shape index (κ3) is 6.27. The average Bonchev–Trinajstić information content (AvgIpc) is 2.84. The average molecular weight is 446 g/mol. The Morgan fingerprint density at radius 1 is 0.970 bits per heavy atom. The van der Waals surface area contributed by atoms with Crippen molar-refractivity contribution < 1.29 is 23.7 Å². The van der Waals surface area contributed by atoms with Crippen molar-refractivity contribution in [2.24, 2.45) is 0 Å². The molecule has 170 valence electrons. The summed E-state index contributed by atoms with van der Waals surface area (Å²) in [6.07, 6.45) is 0.248. The third-order valence-electron chi connectivity index (χ3n) is 5.04. The summed E-state index contributed by atoms with van der Waals surface area (Å²) in [7, 11) is 1.58. The standard InChI is InChI=1S/C27H27NO5/c1-4-31-26(29)27(2,33-23-13-10-20(18-28)11-14-23)17-22-12-15-24(30-3)25(16-22)32-19-21-8-6-5-7-9-21/h5-16H,4,17,19H2,1-3H3. The zero-order valence-electron chi connectivity index (χ0n) is 19.0. The zero-order chi connectivity index (χ0) is 23.7. The van der Waals surface area contributed by atoms with Crippen molar-refractivity contribution in [3.63, 3.8) is 0 Å². The van der Waals surface area contributed by atoms with E-state index in [1.165, 1.54) is 0 Å². The van der Waals surface area contributed by atoms with Crippen LogP contribution in [0.3, 0.4) is 0 Å². The SMILES string of the molecule is CCOC(=O)C(C)(Cc1ccc(OC)c(OCc2ccccc2)c1)Oc1ccc(C#N)cc1. The highest BCUT2D eigenvalue weighted by molar-refractivity contribution is 5.80. The van der Waals surface area contributed by atoms with Crippen molar-refractivity contribution in [3.8, 4) is 23.3 Å². The van der Waals surface area contributed by atoms with E-state index in [9.17, 15) is 4.79 Å². The molecule has 0 bridgehead atoms. The van der Waals surface area contributed by atoms with Gasteiger partial charge in [0, 0.05) is 6.42 Å². The topological polar surface area (TPSA) is 77.8 Å². The van der Waals surface area contributed by atoms with Crippen LogP contribution in [0.25, 0.3) is 0 Å². The van der Waals surface area contributed by atoms with E-state index in [4.69, 9.17) is 24.2 Å². The van der Waals surface area contributed by atoms with Crippen LogP contribution in [-0.2, 0) is 22.6 Å². The summed E-state index contributed by atoms with van der Waals surface area (Å²) >= 11 is 0. The van der Waals surface area contributed by atoms with Crippen LogP contribution in [0.5, 0.6) is 17.2 Å². The van der Waals surface area contributed by atoms with E-state index in [2.05, 4.69) is 6.07 Å². The number of nitrogens with zero attached hydrogens (tertiary/aromatic N) is 1. The van der Waals surface area contributed by atoms with Gasteiger partial charge in [-0.15, -0.1) is 0 Å². The molecule has 6 heteroatoms. The maximum absolute atomic E-state index is 12.9. The van der Waals surface area contributed by atoms with Crippen LogP contribution in [0.15, 0.2) is 72.8 Å². The molecular weight excluding hydrogens is 418 g/mol. The van der Waals surface area contributed by atoms with Crippen molar-refractivity contribution in [3.05, 3.63) is 89.5 Å². The minimum absolute atomic E-state index is 0.235.